The molecule has 0 atom stereocenters. The zero-order valence-corrected chi connectivity index (χ0v) is 10.3. The molecule has 1 aliphatic rings. The molecule has 0 amide bonds. The monoisotopic (exact) mass is 214 g/mol. The maximum Gasteiger partial charge on any atom is 0.0587 e. The van der Waals surface area contributed by atoms with E-state index in [2.05, 4.69) is 17.1 Å². The average molecular weight is 214 g/mol. The number of hydrogen-bond donors (Lipinski definition) is 1. The van der Waals surface area contributed by atoms with Crippen molar-refractivity contribution in [3.8, 4) is 0 Å². The van der Waals surface area contributed by atoms with Crippen molar-refractivity contribution < 1.29 is 4.74 Å². The topological polar surface area (TPSA) is 24.5 Å². The summed E-state index contributed by atoms with van der Waals surface area (Å²) in [5.74, 6) is 0.945. The molecule has 0 saturated carbocycles. The highest BCUT2D eigenvalue weighted by atomic mass is 16.5. The van der Waals surface area contributed by atoms with Crippen molar-refractivity contribution in [3.63, 3.8) is 0 Å². The van der Waals surface area contributed by atoms with Gasteiger partial charge in [-0.25, -0.2) is 0 Å². The molecule has 1 aliphatic heterocycles. The Labute approximate surface area is 94.2 Å². The van der Waals surface area contributed by atoms with Crippen LogP contribution in [0.1, 0.15) is 26.2 Å². The third-order valence-corrected chi connectivity index (χ3v) is 3.19. The van der Waals surface area contributed by atoms with Crippen LogP contribution in [0, 0.1) is 5.92 Å². The van der Waals surface area contributed by atoms with Crippen LogP contribution in [0.2, 0.25) is 0 Å². The Morgan fingerprint density at radius 1 is 1.27 bits per heavy atom. The summed E-state index contributed by atoms with van der Waals surface area (Å²) in [7, 11) is 1.75. The Morgan fingerprint density at radius 2 is 2.00 bits per heavy atom. The second-order valence-corrected chi connectivity index (χ2v) is 4.62. The minimum Gasteiger partial charge on any atom is -0.383 e. The van der Waals surface area contributed by atoms with Gasteiger partial charge in [0.15, 0.2) is 0 Å². The molecule has 1 fully saturated rings. The second kappa shape index (κ2) is 8.08. The van der Waals surface area contributed by atoms with Crippen LogP contribution in [0.3, 0.4) is 0 Å². The van der Waals surface area contributed by atoms with Crippen molar-refractivity contribution in [1.82, 2.24) is 10.2 Å². The quantitative estimate of drug-likeness (QED) is 0.647. The highest BCUT2D eigenvalue weighted by Crippen LogP contribution is 2.15. The van der Waals surface area contributed by atoms with Gasteiger partial charge in [0.25, 0.3) is 0 Å². The highest BCUT2D eigenvalue weighted by Gasteiger charge is 2.14. The molecule has 0 bridgehead atoms. The van der Waals surface area contributed by atoms with Crippen LogP contribution >= 0.6 is 0 Å². The summed E-state index contributed by atoms with van der Waals surface area (Å²) >= 11 is 0. The average Bonchev–Trinajstić information content (AvgIpc) is 2.26. The van der Waals surface area contributed by atoms with Gasteiger partial charge in [-0.1, -0.05) is 6.92 Å². The number of nitrogens with one attached hydrogen (secondary N) is 1. The van der Waals surface area contributed by atoms with Crippen LogP contribution in [0.5, 0.6) is 0 Å². The van der Waals surface area contributed by atoms with Crippen LogP contribution < -0.4 is 5.32 Å². The third-order valence-electron chi connectivity index (χ3n) is 3.19. The zero-order valence-electron chi connectivity index (χ0n) is 10.3. The van der Waals surface area contributed by atoms with E-state index in [1.807, 2.05) is 0 Å². The molecule has 0 radical (unpaired) electrons. The maximum absolute atomic E-state index is 4.98. The summed E-state index contributed by atoms with van der Waals surface area (Å²) in [6.07, 6.45) is 4.03. The molecule has 3 heteroatoms. The van der Waals surface area contributed by atoms with Crippen molar-refractivity contribution in [3.05, 3.63) is 0 Å². The van der Waals surface area contributed by atoms with E-state index < -0.39 is 0 Å². The van der Waals surface area contributed by atoms with Crippen LogP contribution in [-0.2, 0) is 4.74 Å². The van der Waals surface area contributed by atoms with Crippen LogP contribution in [0.15, 0.2) is 0 Å². The van der Waals surface area contributed by atoms with Crippen LogP contribution in [-0.4, -0.2) is 51.3 Å². The molecule has 1 saturated heterocycles. The summed E-state index contributed by atoms with van der Waals surface area (Å²) < 4.78 is 4.98. The fourth-order valence-corrected chi connectivity index (χ4v) is 2.01. The Kier molecular flexibility index (Phi) is 6.98. The lowest BCUT2D eigenvalue weighted by molar-refractivity contribution is 0.185. The minimum absolute atomic E-state index is 0.821. The van der Waals surface area contributed by atoms with Gasteiger partial charge in [0.1, 0.15) is 0 Å². The van der Waals surface area contributed by atoms with E-state index in [9.17, 15) is 0 Å². The van der Waals surface area contributed by atoms with E-state index in [-0.39, 0.29) is 0 Å². The second-order valence-electron chi connectivity index (χ2n) is 4.62. The molecular weight excluding hydrogens is 188 g/mol. The summed E-state index contributed by atoms with van der Waals surface area (Å²) in [6.45, 7) is 9.15. The summed E-state index contributed by atoms with van der Waals surface area (Å²) in [5.41, 5.74) is 0. The van der Waals surface area contributed by atoms with E-state index in [4.69, 9.17) is 4.74 Å². The standard InChI is InChI=1S/C12H26N2O/c1-12-4-9-14(10-5-12)8-3-6-13-7-11-15-2/h12-13H,3-11H2,1-2H3. The molecule has 0 spiro atoms. The predicted molar refractivity (Wildman–Crippen MR) is 64.2 cm³/mol. The number of hydrogen-bond acceptors (Lipinski definition) is 3. The first-order valence-corrected chi connectivity index (χ1v) is 6.25. The van der Waals surface area contributed by atoms with Gasteiger partial charge in [-0.15, -0.1) is 0 Å². The summed E-state index contributed by atoms with van der Waals surface area (Å²) in [4.78, 5) is 2.60. The molecule has 0 aromatic heterocycles. The fraction of sp³-hybridized carbons (Fsp3) is 1.00. The molecule has 1 N–H and O–H groups in total. The lowest BCUT2D eigenvalue weighted by atomic mass is 9.99. The smallest absolute Gasteiger partial charge is 0.0587 e. The summed E-state index contributed by atoms with van der Waals surface area (Å²) in [5, 5.41) is 3.38. The molecule has 0 unspecified atom stereocenters. The predicted octanol–water partition coefficient (Wildman–Crippen LogP) is 1.34. The molecular formula is C12H26N2O. The van der Waals surface area contributed by atoms with Gasteiger partial charge in [-0.05, 0) is 51.4 Å². The molecule has 0 aliphatic carbocycles. The van der Waals surface area contributed by atoms with Gasteiger partial charge in [-0.3, -0.25) is 0 Å². The molecule has 3 nitrogen and oxygen atoms in total. The molecule has 15 heavy (non-hydrogen) atoms. The van der Waals surface area contributed by atoms with Gasteiger partial charge in [0.2, 0.25) is 0 Å². The van der Waals surface area contributed by atoms with Crippen molar-refractivity contribution in [2.24, 2.45) is 5.92 Å². The molecule has 1 rings (SSSR count). The molecule has 90 valence electrons. The molecule has 1 heterocycles. The Balaban J connectivity index is 1.87. The normalized spacial score (nSPS) is 19.6. The summed E-state index contributed by atoms with van der Waals surface area (Å²) in [6, 6.07) is 0. The van der Waals surface area contributed by atoms with Crippen LogP contribution in [0.25, 0.3) is 0 Å². The van der Waals surface area contributed by atoms with Crippen molar-refractivity contribution in [2.75, 3.05) is 46.4 Å². The van der Waals surface area contributed by atoms with E-state index in [0.29, 0.717) is 0 Å². The first-order chi connectivity index (χ1) is 7.33. The Hall–Kier alpha value is -0.120. The van der Waals surface area contributed by atoms with Crippen molar-refractivity contribution in [1.29, 1.82) is 0 Å². The van der Waals surface area contributed by atoms with Gasteiger partial charge >= 0.3 is 0 Å². The number of piperidine rings is 1. The lowest BCUT2D eigenvalue weighted by Crippen LogP contribution is -2.35. The van der Waals surface area contributed by atoms with E-state index >= 15 is 0 Å². The number of methoxy groups -OCH3 is 1. The van der Waals surface area contributed by atoms with Gasteiger partial charge in [0.05, 0.1) is 6.61 Å². The Morgan fingerprint density at radius 3 is 2.67 bits per heavy atom. The largest absolute Gasteiger partial charge is 0.383 e. The molecule has 0 aromatic rings. The van der Waals surface area contributed by atoms with E-state index in [0.717, 1.165) is 25.6 Å². The van der Waals surface area contributed by atoms with Crippen molar-refractivity contribution >= 4 is 0 Å². The number of rotatable bonds is 7. The van der Waals surface area contributed by atoms with Gasteiger partial charge in [-0.2, -0.15) is 0 Å². The van der Waals surface area contributed by atoms with Gasteiger partial charge in [0, 0.05) is 13.7 Å². The lowest BCUT2D eigenvalue weighted by Gasteiger charge is -2.30. The zero-order chi connectivity index (χ0) is 10.9. The highest BCUT2D eigenvalue weighted by molar-refractivity contribution is 4.69. The van der Waals surface area contributed by atoms with E-state index in [1.54, 1.807) is 7.11 Å². The van der Waals surface area contributed by atoms with Gasteiger partial charge < -0.3 is 15.0 Å². The van der Waals surface area contributed by atoms with E-state index in [1.165, 1.54) is 38.9 Å². The first-order valence-electron chi connectivity index (χ1n) is 6.25. The van der Waals surface area contributed by atoms with Crippen molar-refractivity contribution in [2.45, 2.75) is 26.2 Å². The number of nitrogens with zero attached hydrogens (tertiary/aromatic N) is 1. The third kappa shape index (κ3) is 6.13. The minimum atomic E-state index is 0.821. The fourth-order valence-electron chi connectivity index (χ4n) is 2.01. The maximum atomic E-state index is 4.98. The SMILES string of the molecule is COCCNCCCN1CCC(C)CC1. The van der Waals surface area contributed by atoms with Crippen LogP contribution in [0.4, 0.5) is 0 Å². The molecule has 0 aromatic carbocycles. The number of likely N-dealkylation sites (tertiary alicyclic amines) is 1. The first kappa shape index (κ1) is 12.9. The Bertz CT molecular complexity index is 145. The number of ether oxygens (including phenoxy) is 1.